The van der Waals surface area contributed by atoms with Gasteiger partial charge in [-0.05, 0) is 62.6 Å². The minimum absolute atomic E-state index is 0.200. The Morgan fingerprint density at radius 2 is 1.85 bits per heavy atom. The number of aromatic nitrogens is 1. The highest BCUT2D eigenvalue weighted by Crippen LogP contribution is 2.27. The molecule has 0 radical (unpaired) electrons. The second-order valence-corrected chi connectivity index (χ2v) is 5.73. The number of hydrogen-bond acceptors (Lipinski definition) is 2. The Morgan fingerprint density at radius 3 is 2.40 bits per heavy atom. The fourth-order valence-corrected chi connectivity index (χ4v) is 3.02. The molecule has 1 N–H and O–H groups in total. The van der Waals surface area contributed by atoms with Crippen LogP contribution in [0.1, 0.15) is 33.9 Å². The molecule has 20 heavy (non-hydrogen) atoms. The van der Waals surface area contributed by atoms with Crippen LogP contribution in [-0.4, -0.2) is 12.0 Å². The molecule has 0 fully saturated rings. The number of pyridine rings is 1. The zero-order valence-corrected chi connectivity index (χ0v) is 13.3. The van der Waals surface area contributed by atoms with Gasteiger partial charge in [-0.3, -0.25) is 4.98 Å². The first-order valence-corrected chi connectivity index (χ1v) is 7.24. The van der Waals surface area contributed by atoms with Crippen LogP contribution >= 0.6 is 11.6 Å². The predicted octanol–water partition coefficient (Wildman–Crippen LogP) is 4.16. The van der Waals surface area contributed by atoms with E-state index in [2.05, 4.69) is 43.2 Å². The smallest absolute Gasteiger partial charge is 0.0637 e. The van der Waals surface area contributed by atoms with E-state index in [9.17, 15) is 0 Å². The fraction of sp³-hybridized carbons (Fsp3) is 0.353. The number of rotatable bonds is 4. The van der Waals surface area contributed by atoms with Crippen molar-refractivity contribution in [2.24, 2.45) is 0 Å². The van der Waals surface area contributed by atoms with Gasteiger partial charge in [-0.25, -0.2) is 0 Å². The van der Waals surface area contributed by atoms with Gasteiger partial charge in [0.2, 0.25) is 0 Å². The summed E-state index contributed by atoms with van der Waals surface area (Å²) >= 11 is 6.27. The van der Waals surface area contributed by atoms with Crippen molar-refractivity contribution in [2.75, 3.05) is 7.05 Å². The lowest BCUT2D eigenvalue weighted by Crippen LogP contribution is -2.20. The van der Waals surface area contributed by atoms with Crippen molar-refractivity contribution in [1.29, 1.82) is 0 Å². The standard InChI is InChI=1S/C17H21ClN2/c1-11-7-12(2)15(13(3)8-11)9-17(19-4)14-5-6-20-10-16(14)18/h5-8,10,17,19H,9H2,1-4H3. The van der Waals surface area contributed by atoms with Gasteiger partial charge < -0.3 is 5.32 Å². The Morgan fingerprint density at radius 1 is 1.20 bits per heavy atom. The topological polar surface area (TPSA) is 24.9 Å². The number of halogens is 1. The zero-order valence-electron chi connectivity index (χ0n) is 12.5. The third-order valence-electron chi connectivity index (χ3n) is 3.78. The average molecular weight is 289 g/mol. The highest BCUT2D eigenvalue weighted by molar-refractivity contribution is 6.31. The van der Waals surface area contributed by atoms with Crippen molar-refractivity contribution in [3.8, 4) is 0 Å². The normalized spacial score (nSPS) is 12.4. The van der Waals surface area contributed by atoms with Gasteiger partial charge in [0.05, 0.1) is 5.02 Å². The molecule has 1 aromatic heterocycles. The minimum Gasteiger partial charge on any atom is -0.313 e. The summed E-state index contributed by atoms with van der Waals surface area (Å²) in [5.41, 5.74) is 6.49. The van der Waals surface area contributed by atoms with Crippen molar-refractivity contribution >= 4 is 11.6 Å². The van der Waals surface area contributed by atoms with Crippen LogP contribution in [0.4, 0.5) is 0 Å². The van der Waals surface area contributed by atoms with Crippen LogP contribution in [-0.2, 0) is 6.42 Å². The molecule has 0 aliphatic carbocycles. The molecule has 0 aliphatic heterocycles. The van der Waals surface area contributed by atoms with Crippen LogP contribution in [0.15, 0.2) is 30.6 Å². The van der Waals surface area contributed by atoms with Gasteiger partial charge in [-0.2, -0.15) is 0 Å². The van der Waals surface area contributed by atoms with E-state index in [1.807, 2.05) is 13.1 Å². The maximum atomic E-state index is 6.27. The molecule has 0 amide bonds. The molecule has 1 unspecified atom stereocenters. The Labute approximate surface area is 126 Å². The molecular weight excluding hydrogens is 268 g/mol. The van der Waals surface area contributed by atoms with Gasteiger partial charge in [0.1, 0.15) is 0 Å². The van der Waals surface area contributed by atoms with Gasteiger partial charge in [0, 0.05) is 18.4 Å². The summed E-state index contributed by atoms with van der Waals surface area (Å²) in [5, 5.41) is 4.08. The van der Waals surface area contributed by atoms with E-state index in [1.54, 1.807) is 12.4 Å². The number of likely N-dealkylation sites (N-methyl/N-ethyl adjacent to an activating group) is 1. The average Bonchev–Trinajstić information content (AvgIpc) is 2.39. The van der Waals surface area contributed by atoms with E-state index in [0.29, 0.717) is 5.02 Å². The van der Waals surface area contributed by atoms with Crippen LogP contribution in [0.25, 0.3) is 0 Å². The first-order valence-electron chi connectivity index (χ1n) is 6.86. The summed E-state index contributed by atoms with van der Waals surface area (Å²) in [6, 6.07) is 6.67. The number of benzene rings is 1. The summed E-state index contributed by atoms with van der Waals surface area (Å²) in [5.74, 6) is 0. The van der Waals surface area contributed by atoms with Crippen molar-refractivity contribution in [1.82, 2.24) is 10.3 Å². The van der Waals surface area contributed by atoms with E-state index in [4.69, 9.17) is 11.6 Å². The van der Waals surface area contributed by atoms with E-state index < -0.39 is 0 Å². The number of nitrogens with one attached hydrogen (secondary N) is 1. The van der Waals surface area contributed by atoms with Crippen molar-refractivity contribution in [3.05, 3.63) is 63.4 Å². The van der Waals surface area contributed by atoms with E-state index in [1.165, 1.54) is 22.3 Å². The predicted molar refractivity (Wildman–Crippen MR) is 85.4 cm³/mol. The number of hydrogen-bond donors (Lipinski definition) is 1. The lowest BCUT2D eigenvalue weighted by atomic mass is 9.92. The Kier molecular flexibility index (Phi) is 4.79. The van der Waals surface area contributed by atoms with Crippen LogP contribution in [0, 0.1) is 20.8 Å². The monoisotopic (exact) mass is 288 g/mol. The highest BCUT2D eigenvalue weighted by Gasteiger charge is 2.16. The maximum Gasteiger partial charge on any atom is 0.0637 e. The lowest BCUT2D eigenvalue weighted by molar-refractivity contribution is 0.588. The minimum atomic E-state index is 0.200. The molecule has 106 valence electrons. The Balaban J connectivity index is 2.35. The van der Waals surface area contributed by atoms with Crippen molar-refractivity contribution in [3.63, 3.8) is 0 Å². The molecule has 0 saturated heterocycles. The summed E-state index contributed by atoms with van der Waals surface area (Å²) in [7, 11) is 1.97. The van der Waals surface area contributed by atoms with Gasteiger partial charge in [-0.15, -0.1) is 0 Å². The van der Waals surface area contributed by atoms with E-state index in [0.717, 1.165) is 12.0 Å². The summed E-state index contributed by atoms with van der Waals surface area (Å²) in [4.78, 5) is 4.06. The van der Waals surface area contributed by atoms with Gasteiger partial charge in [0.25, 0.3) is 0 Å². The molecule has 1 heterocycles. The second-order valence-electron chi connectivity index (χ2n) is 5.32. The molecule has 1 aromatic carbocycles. The molecule has 2 aromatic rings. The lowest BCUT2D eigenvalue weighted by Gasteiger charge is -2.20. The largest absolute Gasteiger partial charge is 0.313 e. The molecule has 3 heteroatoms. The highest BCUT2D eigenvalue weighted by atomic mass is 35.5. The Hall–Kier alpha value is -1.38. The van der Waals surface area contributed by atoms with E-state index in [-0.39, 0.29) is 6.04 Å². The van der Waals surface area contributed by atoms with Gasteiger partial charge >= 0.3 is 0 Å². The van der Waals surface area contributed by atoms with Crippen molar-refractivity contribution < 1.29 is 0 Å². The van der Waals surface area contributed by atoms with Crippen LogP contribution in [0.3, 0.4) is 0 Å². The second kappa shape index (κ2) is 6.38. The van der Waals surface area contributed by atoms with Gasteiger partial charge in [-0.1, -0.05) is 29.3 Å². The third-order valence-corrected chi connectivity index (χ3v) is 4.09. The quantitative estimate of drug-likeness (QED) is 0.913. The zero-order chi connectivity index (χ0) is 14.7. The Bertz CT molecular complexity index is 585. The molecule has 2 rings (SSSR count). The first-order chi connectivity index (χ1) is 9.52. The van der Waals surface area contributed by atoms with Crippen LogP contribution in [0.2, 0.25) is 5.02 Å². The molecule has 1 atom stereocenters. The molecule has 0 spiro atoms. The number of aryl methyl sites for hydroxylation is 3. The molecule has 0 bridgehead atoms. The molecular formula is C17H21ClN2. The fourth-order valence-electron chi connectivity index (χ4n) is 2.77. The summed E-state index contributed by atoms with van der Waals surface area (Å²) in [6.07, 6.45) is 4.43. The van der Waals surface area contributed by atoms with Crippen molar-refractivity contribution in [2.45, 2.75) is 33.2 Å². The number of nitrogens with zero attached hydrogens (tertiary/aromatic N) is 1. The molecule has 0 saturated carbocycles. The van der Waals surface area contributed by atoms with Crippen LogP contribution < -0.4 is 5.32 Å². The third kappa shape index (κ3) is 3.20. The first kappa shape index (κ1) is 15.0. The van der Waals surface area contributed by atoms with Gasteiger partial charge in [0.15, 0.2) is 0 Å². The maximum absolute atomic E-state index is 6.27. The summed E-state index contributed by atoms with van der Waals surface area (Å²) < 4.78 is 0. The van der Waals surface area contributed by atoms with E-state index >= 15 is 0 Å². The van der Waals surface area contributed by atoms with Crippen LogP contribution in [0.5, 0.6) is 0 Å². The molecule has 0 aliphatic rings. The molecule has 2 nitrogen and oxygen atoms in total. The SMILES string of the molecule is CNC(Cc1c(C)cc(C)cc1C)c1ccncc1Cl. The summed E-state index contributed by atoms with van der Waals surface area (Å²) in [6.45, 7) is 6.49.